The van der Waals surface area contributed by atoms with E-state index in [0.717, 1.165) is 17.4 Å². The summed E-state index contributed by atoms with van der Waals surface area (Å²) in [5, 5.41) is 23.3. The third-order valence-corrected chi connectivity index (χ3v) is 6.47. The average Bonchev–Trinajstić information content (AvgIpc) is 2.83. The van der Waals surface area contributed by atoms with Crippen LogP contribution in [0.1, 0.15) is 22.0 Å². The number of carbonyl (C=O) groups is 1. The maximum Gasteiger partial charge on any atom is 0.337 e. The molecule has 0 spiro atoms. The summed E-state index contributed by atoms with van der Waals surface area (Å²) < 4.78 is 34.2. The van der Waals surface area contributed by atoms with Gasteiger partial charge in [-0.05, 0) is 41.5 Å². The fraction of sp³-hybridized carbons (Fsp3) is 0.240. The highest BCUT2D eigenvalue weighted by atomic mass is 32.2. The van der Waals surface area contributed by atoms with Crippen molar-refractivity contribution in [3.8, 4) is 22.6 Å². The predicted octanol–water partition coefficient (Wildman–Crippen LogP) is 2.53. The van der Waals surface area contributed by atoms with Crippen molar-refractivity contribution >= 4 is 21.5 Å². The molecule has 0 aliphatic rings. The van der Waals surface area contributed by atoms with Gasteiger partial charge in [-0.25, -0.2) is 13.2 Å². The van der Waals surface area contributed by atoms with Crippen molar-refractivity contribution in [1.29, 1.82) is 0 Å². The number of nitrogens with one attached hydrogen (secondary N) is 1. The molecule has 0 bridgehead atoms. The molecule has 3 aromatic rings. The van der Waals surface area contributed by atoms with Gasteiger partial charge in [0.05, 0.1) is 24.5 Å². The molecule has 0 aliphatic carbocycles. The first kappa shape index (κ1) is 26.0. The molecular formula is C25H28N2O7S. The summed E-state index contributed by atoms with van der Waals surface area (Å²) in [5.41, 5.74) is 8.20. The van der Waals surface area contributed by atoms with Gasteiger partial charge in [-0.1, -0.05) is 30.3 Å². The molecule has 0 aliphatic heterocycles. The van der Waals surface area contributed by atoms with Crippen molar-refractivity contribution in [2.45, 2.75) is 11.0 Å². The van der Waals surface area contributed by atoms with Crippen LogP contribution in [-0.2, 0) is 14.6 Å². The van der Waals surface area contributed by atoms with Crippen LogP contribution in [-0.4, -0.2) is 57.7 Å². The van der Waals surface area contributed by atoms with Gasteiger partial charge in [-0.2, -0.15) is 0 Å². The number of sulfone groups is 1. The lowest BCUT2D eigenvalue weighted by atomic mass is 10.0. The molecule has 0 aromatic heterocycles. The number of phenolic OH excluding ortho intramolecular Hbond substituents is 1. The van der Waals surface area contributed by atoms with Crippen molar-refractivity contribution in [1.82, 2.24) is 5.32 Å². The molecule has 0 radical (unpaired) electrons. The molecule has 5 N–H and O–H groups in total. The van der Waals surface area contributed by atoms with Crippen LogP contribution >= 0.6 is 0 Å². The Morgan fingerprint density at radius 1 is 1.09 bits per heavy atom. The van der Waals surface area contributed by atoms with Gasteiger partial charge in [0.25, 0.3) is 0 Å². The normalized spacial score (nSPS) is 12.2. The van der Waals surface area contributed by atoms with Crippen molar-refractivity contribution in [3.63, 3.8) is 0 Å². The van der Waals surface area contributed by atoms with Gasteiger partial charge in [-0.3, -0.25) is 0 Å². The zero-order valence-corrected chi connectivity index (χ0v) is 20.2. The second-order valence-corrected chi connectivity index (χ2v) is 9.81. The van der Waals surface area contributed by atoms with Crippen LogP contribution in [0.25, 0.3) is 11.1 Å². The quantitative estimate of drug-likeness (QED) is 0.187. The largest absolute Gasteiger partial charge is 0.507 e. The third-order valence-electron chi connectivity index (χ3n) is 5.30. The fourth-order valence-electron chi connectivity index (χ4n) is 3.56. The van der Waals surface area contributed by atoms with Gasteiger partial charge < -0.3 is 30.7 Å². The maximum atomic E-state index is 11.9. The van der Waals surface area contributed by atoms with E-state index >= 15 is 0 Å². The van der Waals surface area contributed by atoms with E-state index in [2.05, 4.69) is 5.32 Å². The lowest BCUT2D eigenvalue weighted by molar-refractivity contribution is 0.0600. The van der Waals surface area contributed by atoms with Crippen LogP contribution in [0.4, 0.5) is 5.69 Å². The molecule has 1 atom stereocenters. The maximum absolute atomic E-state index is 11.9. The molecule has 186 valence electrons. The van der Waals surface area contributed by atoms with Crippen molar-refractivity contribution in [2.75, 3.05) is 38.8 Å². The van der Waals surface area contributed by atoms with E-state index in [4.69, 9.17) is 15.2 Å². The summed E-state index contributed by atoms with van der Waals surface area (Å²) in [5.74, 6) is -0.196. The predicted molar refractivity (Wildman–Crippen MR) is 132 cm³/mol. The van der Waals surface area contributed by atoms with Crippen molar-refractivity contribution < 1.29 is 32.9 Å². The number of benzene rings is 3. The highest BCUT2D eigenvalue weighted by Crippen LogP contribution is 2.34. The minimum atomic E-state index is -3.76. The minimum absolute atomic E-state index is 0.108. The number of ether oxygens (including phenoxy) is 2. The van der Waals surface area contributed by atoms with Crippen LogP contribution in [0.3, 0.4) is 0 Å². The van der Waals surface area contributed by atoms with E-state index in [1.165, 1.54) is 19.2 Å². The number of anilines is 1. The first-order chi connectivity index (χ1) is 16.6. The zero-order chi connectivity index (χ0) is 25.6. The highest BCUT2D eigenvalue weighted by molar-refractivity contribution is 7.91. The SMILES string of the molecule is COC(=O)c1cccc(-c2ccc(OCCNC[C@H](O)c3ccc(O)c(S(C)(=O)=O)c3N)cc2)c1. The van der Waals surface area contributed by atoms with Gasteiger partial charge in [-0.15, -0.1) is 0 Å². The number of aliphatic hydroxyl groups excluding tert-OH is 1. The number of nitrogens with two attached hydrogens (primary N) is 1. The number of nitrogen functional groups attached to an aromatic ring is 1. The third kappa shape index (κ3) is 6.50. The molecule has 0 saturated carbocycles. The lowest BCUT2D eigenvalue weighted by Gasteiger charge is -2.17. The van der Waals surface area contributed by atoms with Crippen LogP contribution in [0, 0.1) is 0 Å². The molecule has 35 heavy (non-hydrogen) atoms. The molecule has 0 fully saturated rings. The number of hydrogen-bond donors (Lipinski definition) is 4. The van der Waals surface area contributed by atoms with E-state index in [1.807, 2.05) is 30.3 Å². The molecule has 0 saturated heterocycles. The Balaban J connectivity index is 1.51. The van der Waals surface area contributed by atoms with Crippen molar-refractivity contribution in [3.05, 3.63) is 71.8 Å². The van der Waals surface area contributed by atoms with Crippen LogP contribution in [0.15, 0.2) is 65.6 Å². The Kier molecular flexibility index (Phi) is 8.34. The first-order valence-electron chi connectivity index (χ1n) is 10.7. The molecule has 3 aromatic carbocycles. The van der Waals surface area contributed by atoms with Gasteiger partial charge >= 0.3 is 5.97 Å². The number of methoxy groups -OCH3 is 1. The number of aliphatic hydroxyl groups is 1. The number of esters is 1. The van der Waals surface area contributed by atoms with E-state index in [1.54, 1.807) is 18.2 Å². The Morgan fingerprint density at radius 3 is 2.46 bits per heavy atom. The molecule has 0 heterocycles. The summed E-state index contributed by atoms with van der Waals surface area (Å²) >= 11 is 0. The Bertz CT molecular complexity index is 1290. The molecule has 0 unspecified atom stereocenters. The molecular weight excluding hydrogens is 472 g/mol. The van der Waals surface area contributed by atoms with Gasteiger partial charge in [0.15, 0.2) is 9.84 Å². The Labute approximate surface area is 204 Å². The van der Waals surface area contributed by atoms with Crippen LogP contribution in [0.5, 0.6) is 11.5 Å². The van der Waals surface area contributed by atoms with Crippen LogP contribution in [0.2, 0.25) is 0 Å². The molecule has 9 nitrogen and oxygen atoms in total. The fourth-order valence-corrected chi connectivity index (χ4v) is 4.53. The van der Waals surface area contributed by atoms with E-state index in [9.17, 15) is 23.4 Å². The zero-order valence-electron chi connectivity index (χ0n) is 19.4. The number of phenols is 1. The van der Waals surface area contributed by atoms with Gasteiger partial charge in [0, 0.05) is 24.9 Å². The van der Waals surface area contributed by atoms with Gasteiger partial charge in [0.1, 0.15) is 23.0 Å². The number of aromatic hydroxyl groups is 1. The van der Waals surface area contributed by atoms with Gasteiger partial charge in [0.2, 0.25) is 0 Å². The first-order valence-corrected chi connectivity index (χ1v) is 12.6. The molecule has 0 amide bonds. The van der Waals surface area contributed by atoms with E-state index < -0.39 is 32.6 Å². The summed E-state index contributed by atoms with van der Waals surface area (Å²) in [4.78, 5) is 11.3. The van der Waals surface area contributed by atoms with Crippen molar-refractivity contribution in [2.24, 2.45) is 0 Å². The lowest BCUT2D eigenvalue weighted by Crippen LogP contribution is -2.26. The van der Waals surface area contributed by atoms with E-state index in [0.29, 0.717) is 24.5 Å². The highest BCUT2D eigenvalue weighted by Gasteiger charge is 2.22. The Morgan fingerprint density at radius 2 is 1.80 bits per heavy atom. The number of rotatable bonds is 10. The minimum Gasteiger partial charge on any atom is -0.507 e. The van der Waals surface area contributed by atoms with Crippen LogP contribution < -0.4 is 15.8 Å². The second kappa shape index (κ2) is 11.2. The smallest absolute Gasteiger partial charge is 0.337 e. The molecule has 10 heteroatoms. The molecule has 3 rings (SSSR count). The Hall–Kier alpha value is -3.60. The second-order valence-electron chi connectivity index (χ2n) is 7.85. The average molecular weight is 501 g/mol. The van der Waals surface area contributed by atoms with E-state index in [-0.39, 0.29) is 17.8 Å². The number of hydrogen-bond acceptors (Lipinski definition) is 9. The topological polar surface area (TPSA) is 148 Å². The summed E-state index contributed by atoms with van der Waals surface area (Å²) in [6.45, 7) is 0.845. The monoisotopic (exact) mass is 500 g/mol. The standard InChI is InChI=1S/C25H28N2O7S/c1-33-25(30)18-5-3-4-17(14-18)16-6-8-19(9-7-16)34-13-12-27-15-22(29)20-10-11-21(28)24(23(20)26)35(2,31)32/h3-11,14,22,27-29H,12-13,15,26H2,1-2H3/t22-/m0/s1. The summed E-state index contributed by atoms with van der Waals surface area (Å²) in [6.07, 6.45) is -0.132. The summed E-state index contributed by atoms with van der Waals surface area (Å²) in [7, 11) is -2.41. The summed E-state index contributed by atoms with van der Waals surface area (Å²) in [6, 6.07) is 17.1. The number of carbonyl (C=O) groups excluding carboxylic acids is 1.